The Morgan fingerprint density at radius 1 is 1.23 bits per heavy atom. The van der Waals surface area contributed by atoms with E-state index < -0.39 is 23.3 Å². The molecular weight excluding hydrogens is 388 g/mol. The van der Waals surface area contributed by atoms with Gasteiger partial charge in [0, 0.05) is 22.7 Å². The standard InChI is InChI=1S/C22H23F2N5O/c1-10-17(14-8-13(23)7-12-5-6-27-18(12)14)15(24)9-16-19(10)29(20(25)11(2)30)21(26)22(3,4)28-16/h5-9,11,25-28,30H,1-4H3. The zero-order valence-corrected chi connectivity index (χ0v) is 17.1. The molecule has 156 valence electrons. The lowest BCUT2D eigenvalue weighted by atomic mass is 9.90. The van der Waals surface area contributed by atoms with E-state index in [1.807, 2.05) is 0 Å². The molecule has 2 heterocycles. The third kappa shape index (κ3) is 2.87. The number of aromatic nitrogens is 1. The predicted molar refractivity (Wildman–Crippen MR) is 116 cm³/mol. The van der Waals surface area contributed by atoms with Gasteiger partial charge in [0.05, 0.1) is 22.4 Å². The van der Waals surface area contributed by atoms with Crippen LogP contribution in [0.5, 0.6) is 0 Å². The van der Waals surface area contributed by atoms with Gasteiger partial charge in [-0.05, 0) is 57.5 Å². The minimum Gasteiger partial charge on any atom is -0.385 e. The van der Waals surface area contributed by atoms with Crippen molar-refractivity contribution in [1.29, 1.82) is 10.8 Å². The van der Waals surface area contributed by atoms with Gasteiger partial charge in [-0.3, -0.25) is 15.7 Å². The van der Waals surface area contributed by atoms with Gasteiger partial charge in [-0.25, -0.2) is 8.78 Å². The summed E-state index contributed by atoms with van der Waals surface area (Å²) in [6.07, 6.45) is 0.526. The molecule has 1 aliphatic heterocycles. The maximum Gasteiger partial charge on any atom is 0.135 e. The molecule has 3 aromatic rings. The second-order valence-corrected chi connectivity index (χ2v) is 8.15. The zero-order chi connectivity index (χ0) is 22.0. The Kier molecular flexibility index (Phi) is 4.43. The Bertz CT molecular complexity index is 1210. The van der Waals surface area contributed by atoms with Crippen molar-refractivity contribution in [2.24, 2.45) is 0 Å². The number of aliphatic hydroxyl groups is 1. The first kappa shape index (κ1) is 20.0. The first-order valence-electron chi connectivity index (χ1n) is 9.57. The highest BCUT2D eigenvalue weighted by molar-refractivity contribution is 6.25. The maximum absolute atomic E-state index is 15.4. The van der Waals surface area contributed by atoms with E-state index in [2.05, 4.69) is 10.3 Å². The number of hydrogen-bond acceptors (Lipinski definition) is 4. The van der Waals surface area contributed by atoms with Gasteiger partial charge in [-0.1, -0.05) is 0 Å². The molecule has 0 radical (unpaired) electrons. The molecule has 0 amide bonds. The monoisotopic (exact) mass is 411 g/mol. The highest BCUT2D eigenvalue weighted by Crippen LogP contribution is 2.45. The summed E-state index contributed by atoms with van der Waals surface area (Å²) in [5.41, 5.74) is 1.47. The van der Waals surface area contributed by atoms with E-state index in [0.29, 0.717) is 33.4 Å². The van der Waals surface area contributed by atoms with Gasteiger partial charge in [0.15, 0.2) is 0 Å². The Balaban J connectivity index is 2.05. The number of aliphatic hydroxyl groups excluding tert-OH is 1. The van der Waals surface area contributed by atoms with Crippen molar-refractivity contribution in [1.82, 2.24) is 4.98 Å². The van der Waals surface area contributed by atoms with Crippen molar-refractivity contribution in [3.63, 3.8) is 0 Å². The number of halogens is 2. The molecule has 0 spiro atoms. The number of rotatable bonds is 2. The topological polar surface area (TPSA) is 99.0 Å². The van der Waals surface area contributed by atoms with Crippen molar-refractivity contribution in [3.8, 4) is 11.1 Å². The van der Waals surface area contributed by atoms with Crippen molar-refractivity contribution in [2.45, 2.75) is 39.3 Å². The average molecular weight is 411 g/mol. The molecule has 0 aliphatic carbocycles. The second-order valence-electron chi connectivity index (χ2n) is 8.15. The number of nitrogens with zero attached hydrogens (tertiary/aromatic N) is 1. The largest absolute Gasteiger partial charge is 0.385 e. The number of anilines is 2. The molecule has 1 atom stereocenters. The van der Waals surface area contributed by atoms with Crippen LogP contribution in [0, 0.1) is 29.4 Å². The van der Waals surface area contributed by atoms with Crippen LogP contribution in [0.3, 0.4) is 0 Å². The van der Waals surface area contributed by atoms with Crippen LogP contribution in [-0.2, 0) is 0 Å². The third-order valence-corrected chi connectivity index (χ3v) is 5.51. The van der Waals surface area contributed by atoms with Crippen LogP contribution in [-0.4, -0.2) is 33.4 Å². The summed E-state index contributed by atoms with van der Waals surface area (Å²) in [4.78, 5) is 4.37. The Morgan fingerprint density at radius 3 is 2.60 bits per heavy atom. The van der Waals surface area contributed by atoms with Crippen LogP contribution >= 0.6 is 0 Å². The van der Waals surface area contributed by atoms with E-state index in [1.165, 1.54) is 30.0 Å². The highest BCUT2D eigenvalue weighted by Gasteiger charge is 2.40. The van der Waals surface area contributed by atoms with Crippen molar-refractivity contribution >= 4 is 33.9 Å². The molecule has 1 unspecified atom stereocenters. The number of amidine groups is 2. The molecule has 0 fully saturated rings. The maximum atomic E-state index is 15.4. The Hall–Kier alpha value is -3.26. The SMILES string of the molecule is Cc1c(-c2cc(F)cc3cc[nH]c23)c(F)cc2c1N(C(=N)C(C)O)C(=N)C(C)(C)N2. The average Bonchev–Trinajstić information content (AvgIpc) is 3.10. The molecule has 6 nitrogen and oxygen atoms in total. The number of benzene rings is 2. The minimum absolute atomic E-state index is 0.0471. The summed E-state index contributed by atoms with van der Waals surface area (Å²) in [6, 6.07) is 5.65. The lowest BCUT2D eigenvalue weighted by Crippen LogP contribution is -2.57. The fraction of sp³-hybridized carbons (Fsp3) is 0.273. The lowest BCUT2D eigenvalue weighted by molar-refractivity contribution is 0.259. The number of nitrogens with one attached hydrogen (secondary N) is 4. The van der Waals surface area contributed by atoms with Gasteiger partial charge in [-0.2, -0.15) is 0 Å². The van der Waals surface area contributed by atoms with E-state index in [0.717, 1.165) is 0 Å². The van der Waals surface area contributed by atoms with Crippen molar-refractivity contribution < 1.29 is 13.9 Å². The van der Waals surface area contributed by atoms with E-state index in [1.54, 1.807) is 33.0 Å². The lowest BCUT2D eigenvalue weighted by Gasteiger charge is -2.43. The van der Waals surface area contributed by atoms with E-state index >= 15 is 4.39 Å². The molecule has 0 bridgehead atoms. The molecule has 1 aromatic heterocycles. The highest BCUT2D eigenvalue weighted by atomic mass is 19.1. The van der Waals surface area contributed by atoms with Gasteiger partial charge in [-0.15, -0.1) is 0 Å². The van der Waals surface area contributed by atoms with Gasteiger partial charge in [0.2, 0.25) is 0 Å². The van der Waals surface area contributed by atoms with Gasteiger partial charge >= 0.3 is 0 Å². The van der Waals surface area contributed by atoms with Crippen LogP contribution in [0.1, 0.15) is 26.3 Å². The first-order valence-corrected chi connectivity index (χ1v) is 9.57. The Labute approximate surface area is 172 Å². The van der Waals surface area contributed by atoms with Crippen molar-refractivity contribution in [3.05, 3.63) is 47.7 Å². The first-order chi connectivity index (χ1) is 14.0. The normalized spacial score (nSPS) is 16.4. The molecule has 0 saturated heterocycles. The molecule has 5 N–H and O–H groups in total. The molecule has 8 heteroatoms. The smallest absolute Gasteiger partial charge is 0.135 e. The summed E-state index contributed by atoms with van der Waals surface area (Å²) in [5, 5.41) is 30.8. The van der Waals surface area contributed by atoms with Gasteiger partial charge in [0.1, 0.15) is 29.4 Å². The number of aromatic amines is 1. The quantitative estimate of drug-likeness (QED) is 0.310. The molecule has 2 aromatic carbocycles. The fourth-order valence-corrected chi connectivity index (χ4v) is 4.03. The van der Waals surface area contributed by atoms with Crippen LogP contribution in [0.2, 0.25) is 0 Å². The molecule has 4 rings (SSSR count). The van der Waals surface area contributed by atoms with Crippen LogP contribution in [0.15, 0.2) is 30.5 Å². The summed E-state index contributed by atoms with van der Waals surface area (Å²) in [6.45, 7) is 6.61. The second kappa shape index (κ2) is 6.63. The van der Waals surface area contributed by atoms with Crippen molar-refractivity contribution in [2.75, 3.05) is 10.2 Å². The molecule has 30 heavy (non-hydrogen) atoms. The third-order valence-electron chi connectivity index (χ3n) is 5.51. The summed E-state index contributed by atoms with van der Waals surface area (Å²) in [5.74, 6) is -1.19. The van der Waals surface area contributed by atoms with Gasteiger partial charge in [0.25, 0.3) is 0 Å². The van der Waals surface area contributed by atoms with Gasteiger partial charge < -0.3 is 15.4 Å². The zero-order valence-electron chi connectivity index (χ0n) is 17.1. The van der Waals surface area contributed by atoms with Crippen LogP contribution < -0.4 is 10.2 Å². The minimum atomic E-state index is -1.13. The van der Waals surface area contributed by atoms with E-state index in [-0.39, 0.29) is 17.2 Å². The predicted octanol–water partition coefficient (Wildman–Crippen LogP) is 4.77. The van der Waals surface area contributed by atoms with E-state index in [4.69, 9.17) is 10.8 Å². The number of hydrogen-bond donors (Lipinski definition) is 5. The van der Waals surface area contributed by atoms with Crippen LogP contribution in [0.4, 0.5) is 20.2 Å². The number of H-pyrrole nitrogens is 1. The molecule has 0 saturated carbocycles. The van der Waals surface area contributed by atoms with Crippen LogP contribution in [0.25, 0.3) is 22.0 Å². The molecular formula is C22H23F2N5O. The summed E-state index contributed by atoms with van der Waals surface area (Å²) in [7, 11) is 0. The fourth-order valence-electron chi connectivity index (χ4n) is 4.03. The van der Waals surface area contributed by atoms with E-state index in [9.17, 15) is 9.50 Å². The summed E-state index contributed by atoms with van der Waals surface area (Å²) >= 11 is 0. The summed E-state index contributed by atoms with van der Waals surface area (Å²) < 4.78 is 29.7. The Morgan fingerprint density at radius 2 is 1.93 bits per heavy atom. The number of fused-ring (bicyclic) bond motifs is 2. The molecule has 1 aliphatic rings.